The SMILES string of the molecule is C[C@H]1CC2(CC2)c2ccccc2N(C)C1=O. The first-order valence-corrected chi connectivity index (χ1v) is 6.01. The van der Waals surface area contributed by atoms with Gasteiger partial charge in [-0.2, -0.15) is 0 Å². The molecule has 84 valence electrons. The van der Waals surface area contributed by atoms with Crippen LogP contribution in [0, 0.1) is 5.92 Å². The zero-order valence-corrected chi connectivity index (χ0v) is 9.86. The van der Waals surface area contributed by atoms with Crippen molar-refractivity contribution in [3.63, 3.8) is 0 Å². The van der Waals surface area contributed by atoms with E-state index in [4.69, 9.17) is 0 Å². The summed E-state index contributed by atoms with van der Waals surface area (Å²) in [5.74, 6) is 0.413. The molecule has 0 N–H and O–H groups in total. The summed E-state index contributed by atoms with van der Waals surface area (Å²) in [6.07, 6.45) is 3.51. The molecule has 1 saturated carbocycles. The van der Waals surface area contributed by atoms with Gasteiger partial charge in [-0.3, -0.25) is 4.79 Å². The Balaban J connectivity index is 2.17. The van der Waals surface area contributed by atoms with Gasteiger partial charge in [0.05, 0.1) is 0 Å². The molecule has 2 aliphatic rings. The van der Waals surface area contributed by atoms with E-state index >= 15 is 0 Å². The van der Waals surface area contributed by atoms with E-state index in [0.29, 0.717) is 5.41 Å². The third-order valence-electron chi connectivity index (χ3n) is 4.14. The van der Waals surface area contributed by atoms with Crippen molar-refractivity contribution in [2.24, 2.45) is 5.92 Å². The lowest BCUT2D eigenvalue weighted by molar-refractivity contribution is -0.121. The fraction of sp³-hybridized carbons (Fsp3) is 0.500. The molecular formula is C14H17NO. The Kier molecular flexibility index (Phi) is 1.91. The molecule has 1 aliphatic heterocycles. The number of hydrogen-bond donors (Lipinski definition) is 0. The lowest BCUT2D eigenvalue weighted by Crippen LogP contribution is -2.30. The maximum absolute atomic E-state index is 12.1. The average Bonchev–Trinajstić information content (AvgIpc) is 3.07. The molecule has 1 aliphatic carbocycles. The van der Waals surface area contributed by atoms with E-state index in [9.17, 15) is 4.79 Å². The van der Waals surface area contributed by atoms with Crippen molar-refractivity contribution in [2.75, 3.05) is 11.9 Å². The van der Waals surface area contributed by atoms with E-state index in [1.54, 1.807) is 0 Å². The first kappa shape index (κ1) is 9.88. The minimum Gasteiger partial charge on any atom is -0.315 e. The molecule has 1 atom stereocenters. The molecule has 2 heteroatoms. The molecule has 1 fully saturated rings. The van der Waals surface area contributed by atoms with E-state index in [1.165, 1.54) is 18.4 Å². The smallest absolute Gasteiger partial charge is 0.229 e. The zero-order valence-electron chi connectivity index (χ0n) is 9.86. The van der Waals surface area contributed by atoms with Gasteiger partial charge < -0.3 is 4.90 Å². The van der Waals surface area contributed by atoms with Crippen molar-refractivity contribution >= 4 is 11.6 Å². The summed E-state index contributed by atoms with van der Waals surface area (Å²) in [5.41, 5.74) is 2.82. The summed E-state index contributed by atoms with van der Waals surface area (Å²) in [6.45, 7) is 2.06. The van der Waals surface area contributed by atoms with E-state index in [2.05, 4.69) is 25.1 Å². The van der Waals surface area contributed by atoms with Crippen LogP contribution in [0.25, 0.3) is 0 Å². The third-order valence-corrected chi connectivity index (χ3v) is 4.14. The van der Waals surface area contributed by atoms with Crippen LogP contribution in [0.2, 0.25) is 0 Å². The summed E-state index contributed by atoms with van der Waals surface area (Å²) in [6, 6.07) is 8.39. The monoisotopic (exact) mass is 215 g/mol. The predicted octanol–water partition coefficient (Wildman–Crippen LogP) is 2.72. The number of carbonyl (C=O) groups excluding carboxylic acids is 1. The van der Waals surface area contributed by atoms with Crippen molar-refractivity contribution in [2.45, 2.75) is 31.6 Å². The Morgan fingerprint density at radius 2 is 2.00 bits per heavy atom. The molecular weight excluding hydrogens is 198 g/mol. The average molecular weight is 215 g/mol. The highest BCUT2D eigenvalue weighted by Crippen LogP contribution is 2.56. The van der Waals surface area contributed by atoms with Gasteiger partial charge in [0.2, 0.25) is 5.91 Å². The van der Waals surface area contributed by atoms with Crippen molar-refractivity contribution in [1.82, 2.24) is 0 Å². The van der Waals surface area contributed by atoms with E-state index in [0.717, 1.165) is 12.1 Å². The summed E-state index contributed by atoms with van der Waals surface area (Å²) < 4.78 is 0. The number of carbonyl (C=O) groups is 1. The van der Waals surface area contributed by atoms with Gasteiger partial charge in [0.1, 0.15) is 0 Å². The van der Waals surface area contributed by atoms with Crippen LogP contribution in [0.5, 0.6) is 0 Å². The lowest BCUT2D eigenvalue weighted by atomic mass is 9.87. The molecule has 1 aromatic carbocycles. The topological polar surface area (TPSA) is 20.3 Å². The van der Waals surface area contributed by atoms with Crippen LogP contribution in [-0.2, 0) is 10.2 Å². The van der Waals surface area contributed by atoms with E-state index in [1.807, 2.05) is 18.0 Å². The van der Waals surface area contributed by atoms with Crippen LogP contribution in [0.1, 0.15) is 31.7 Å². The van der Waals surface area contributed by atoms with Crippen LogP contribution in [-0.4, -0.2) is 13.0 Å². The molecule has 0 radical (unpaired) electrons. The standard InChI is InChI=1S/C14H17NO/c1-10-9-14(7-8-14)11-5-3-4-6-12(11)15(2)13(10)16/h3-6,10H,7-9H2,1-2H3/t10-/m0/s1. The Morgan fingerprint density at radius 3 is 2.69 bits per heavy atom. The zero-order chi connectivity index (χ0) is 11.3. The first-order valence-electron chi connectivity index (χ1n) is 6.01. The fourth-order valence-corrected chi connectivity index (χ4v) is 3.07. The molecule has 1 heterocycles. The number of para-hydroxylation sites is 1. The Bertz CT molecular complexity index is 448. The maximum Gasteiger partial charge on any atom is 0.229 e. The highest BCUT2D eigenvalue weighted by Gasteiger charge is 2.49. The molecule has 2 nitrogen and oxygen atoms in total. The van der Waals surface area contributed by atoms with Gasteiger partial charge in [-0.1, -0.05) is 25.1 Å². The van der Waals surface area contributed by atoms with Crippen molar-refractivity contribution < 1.29 is 4.79 Å². The number of amides is 1. The summed E-state index contributed by atoms with van der Waals surface area (Å²) in [4.78, 5) is 14.0. The van der Waals surface area contributed by atoms with E-state index < -0.39 is 0 Å². The molecule has 1 aromatic rings. The highest BCUT2D eigenvalue weighted by atomic mass is 16.2. The molecule has 0 aromatic heterocycles. The van der Waals surface area contributed by atoms with Gasteiger partial charge in [0.15, 0.2) is 0 Å². The van der Waals surface area contributed by atoms with Crippen LogP contribution in [0.4, 0.5) is 5.69 Å². The van der Waals surface area contributed by atoms with Gasteiger partial charge in [0.25, 0.3) is 0 Å². The predicted molar refractivity (Wildman–Crippen MR) is 64.5 cm³/mol. The molecule has 16 heavy (non-hydrogen) atoms. The number of rotatable bonds is 0. The molecule has 1 spiro atoms. The Hall–Kier alpha value is -1.31. The van der Waals surface area contributed by atoms with Crippen LogP contribution >= 0.6 is 0 Å². The number of hydrogen-bond acceptors (Lipinski definition) is 1. The summed E-state index contributed by atoms with van der Waals surface area (Å²) in [5, 5.41) is 0. The Labute approximate surface area is 96.3 Å². The van der Waals surface area contributed by atoms with Crippen LogP contribution < -0.4 is 4.90 Å². The Morgan fingerprint density at radius 1 is 1.31 bits per heavy atom. The quantitative estimate of drug-likeness (QED) is 0.651. The van der Waals surface area contributed by atoms with Crippen molar-refractivity contribution in [3.05, 3.63) is 29.8 Å². The number of benzene rings is 1. The number of nitrogens with zero attached hydrogens (tertiary/aromatic N) is 1. The second-order valence-electron chi connectivity index (χ2n) is 5.30. The molecule has 0 saturated heterocycles. The molecule has 3 rings (SSSR count). The van der Waals surface area contributed by atoms with Gasteiger partial charge >= 0.3 is 0 Å². The lowest BCUT2D eigenvalue weighted by Gasteiger charge is -2.19. The summed E-state index contributed by atoms with van der Waals surface area (Å²) >= 11 is 0. The van der Waals surface area contributed by atoms with Gasteiger partial charge in [0, 0.05) is 18.7 Å². The molecule has 0 unspecified atom stereocenters. The van der Waals surface area contributed by atoms with Crippen molar-refractivity contribution in [1.29, 1.82) is 0 Å². The third kappa shape index (κ3) is 1.22. The fourth-order valence-electron chi connectivity index (χ4n) is 3.07. The second kappa shape index (κ2) is 3.09. The van der Waals surface area contributed by atoms with E-state index in [-0.39, 0.29) is 11.8 Å². The van der Waals surface area contributed by atoms with Crippen LogP contribution in [0.3, 0.4) is 0 Å². The van der Waals surface area contributed by atoms with Gasteiger partial charge in [-0.05, 0) is 36.3 Å². The van der Waals surface area contributed by atoms with Gasteiger partial charge in [-0.25, -0.2) is 0 Å². The highest BCUT2D eigenvalue weighted by molar-refractivity contribution is 5.96. The first-order chi connectivity index (χ1) is 7.64. The van der Waals surface area contributed by atoms with Gasteiger partial charge in [-0.15, -0.1) is 0 Å². The number of anilines is 1. The number of fused-ring (bicyclic) bond motifs is 2. The maximum atomic E-state index is 12.1. The summed E-state index contributed by atoms with van der Waals surface area (Å²) in [7, 11) is 1.90. The minimum atomic E-state index is 0.153. The normalized spacial score (nSPS) is 26.5. The molecule has 1 amide bonds. The molecule has 0 bridgehead atoms. The minimum absolute atomic E-state index is 0.153. The van der Waals surface area contributed by atoms with Crippen LogP contribution in [0.15, 0.2) is 24.3 Å². The largest absolute Gasteiger partial charge is 0.315 e. The van der Waals surface area contributed by atoms with Crippen molar-refractivity contribution in [3.8, 4) is 0 Å². The second-order valence-corrected chi connectivity index (χ2v) is 5.30.